The molecule has 5 N–H and O–H groups in total. The summed E-state index contributed by atoms with van der Waals surface area (Å²) >= 11 is 0. The van der Waals surface area contributed by atoms with Gasteiger partial charge >= 0.3 is 5.97 Å². The first-order valence-corrected chi connectivity index (χ1v) is 34.3. The number of unbranched alkanes of at least 4 members (excludes halogenated alkanes) is 8. The van der Waals surface area contributed by atoms with Crippen molar-refractivity contribution in [3.63, 3.8) is 0 Å². The molecule has 19 heteroatoms. The first-order chi connectivity index (χ1) is 40.0. The zero-order chi connectivity index (χ0) is 62.7. The molecule has 3 aliphatic heterocycles. The fourth-order valence-corrected chi connectivity index (χ4v) is 20.0. The molecule has 0 bridgehead atoms. The molecule has 492 valence electrons. The number of carbonyl (C=O) groups is 2. The number of rotatable bonds is 22. The first kappa shape index (κ1) is 74.2. The molecule has 2 aromatic carbocycles. The van der Waals surface area contributed by atoms with Crippen LogP contribution in [0.5, 0.6) is 0 Å². The number of hydrogen-bond acceptors (Lipinski definition) is 14. The van der Waals surface area contributed by atoms with E-state index in [2.05, 4.69) is 48.5 Å². The molecule has 0 radical (unpaired) electrons. The van der Waals surface area contributed by atoms with Crippen LogP contribution in [0.25, 0.3) is 0 Å². The standard InChI is InChI=1S/C67H110F2N2O13P.ClH/c1-14-54-66(10,78)59(74)48(6)71(55(72)34-28-20-18-16-15-17-19-21-29-39-85(50-30-24-22-25-31-50,51-32-26-23-27-33-51)52-35-37-67(68,69)38-36-52)43-44(2)41-64(8,77)61(84-63-57(73)53(70(11)12)40-45(3)80-63)46(4)58(47(5)62(76)82-54)83-56-42-65(9,79-13)60(75)49(7)81-56;/h22-27,30-33,44-49,52-54,56-61,63,73-75,77-78H,14-21,28-29,34-43H2,1-13H3;1H/q+1;/p-1/t44-,45-,46+,47-,48-,49+,53+,54-,56+,57-,58+,59-,60+,61-,63+,64-,65-,66-;/m1./s1. The molecule has 3 heterocycles. The molecule has 1 amide bonds. The maximum atomic E-state index is 14.7. The molecule has 1 aliphatic carbocycles. The monoisotopic (exact) mass is 1250 g/mol. The van der Waals surface area contributed by atoms with Crippen LogP contribution in [0.3, 0.4) is 0 Å². The maximum absolute atomic E-state index is 14.7. The lowest BCUT2D eigenvalue weighted by molar-refractivity contribution is -0.318. The Kier molecular flexibility index (Phi) is 28.2. The molecular weight excluding hydrogens is 1150 g/mol. The molecule has 0 aromatic heterocycles. The number of esters is 1. The largest absolute Gasteiger partial charge is 1.00 e. The van der Waals surface area contributed by atoms with E-state index < -0.39 is 115 Å². The predicted octanol–water partition coefficient (Wildman–Crippen LogP) is 6.95. The molecule has 18 atom stereocenters. The lowest BCUT2D eigenvalue weighted by atomic mass is 9.77. The Bertz CT molecular complexity index is 2300. The number of nitrogens with zero attached hydrogens (tertiary/aromatic N) is 2. The lowest BCUT2D eigenvalue weighted by Crippen LogP contribution is -3.00. The molecule has 4 fully saturated rings. The van der Waals surface area contributed by atoms with Crippen LogP contribution in [0.15, 0.2) is 60.7 Å². The number of methoxy groups -OCH3 is 1. The highest BCUT2D eigenvalue weighted by atomic mass is 35.5. The summed E-state index contributed by atoms with van der Waals surface area (Å²) in [6.45, 7) is 17.3. The van der Waals surface area contributed by atoms with Crippen molar-refractivity contribution in [3.05, 3.63) is 60.7 Å². The van der Waals surface area contributed by atoms with E-state index in [9.17, 15) is 43.9 Å². The van der Waals surface area contributed by atoms with E-state index >= 15 is 0 Å². The van der Waals surface area contributed by atoms with Crippen LogP contribution in [0.1, 0.15) is 185 Å². The van der Waals surface area contributed by atoms with Crippen molar-refractivity contribution < 1.29 is 84.7 Å². The van der Waals surface area contributed by atoms with Gasteiger partial charge in [0.2, 0.25) is 11.8 Å². The van der Waals surface area contributed by atoms with Gasteiger partial charge in [-0.3, -0.25) is 9.59 Å². The lowest BCUT2D eigenvalue weighted by Gasteiger charge is -2.48. The molecule has 4 aliphatic rings. The highest BCUT2D eigenvalue weighted by Gasteiger charge is 2.55. The summed E-state index contributed by atoms with van der Waals surface area (Å²) in [5.41, 5.74) is -4.60. The van der Waals surface area contributed by atoms with Crippen molar-refractivity contribution >= 4 is 29.7 Å². The minimum atomic E-state index is -2.59. The van der Waals surface area contributed by atoms with Crippen LogP contribution in [-0.4, -0.2) is 183 Å². The minimum Gasteiger partial charge on any atom is -1.00 e. The third-order valence-corrected chi connectivity index (χ3v) is 25.1. The average Bonchev–Trinajstić information content (AvgIpc) is 1.76. The second-order valence-corrected chi connectivity index (χ2v) is 31.0. The van der Waals surface area contributed by atoms with Gasteiger partial charge in [0.25, 0.3) is 0 Å². The van der Waals surface area contributed by atoms with E-state index in [-0.39, 0.29) is 81.2 Å². The van der Waals surface area contributed by atoms with E-state index in [0.717, 1.165) is 57.5 Å². The number of ether oxygens (including phenoxy) is 6. The second-order valence-electron chi connectivity index (χ2n) is 27.1. The summed E-state index contributed by atoms with van der Waals surface area (Å²) < 4.78 is 67.4. The van der Waals surface area contributed by atoms with Crippen molar-refractivity contribution in [2.45, 2.75) is 287 Å². The second kappa shape index (κ2) is 32.7. The first-order valence-electron chi connectivity index (χ1n) is 32.2. The molecule has 0 spiro atoms. The molecule has 86 heavy (non-hydrogen) atoms. The topological polar surface area (TPSA) is 197 Å². The summed E-state index contributed by atoms with van der Waals surface area (Å²) in [6.07, 6.45) is 1.31. The van der Waals surface area contributed by atoms with Gasteiger partial charge in [-0.15, -0.1) is 0 Å². The van der Waals surface area contributed by atoms with E-state index in [0.29, 0.717) is 25.7 Å². The third kappa shape index (κ3) is 18.4. The Morgan fingerprint density at radius 2 is 1.33 bits per heavy atom. The number of aliphatic hydroxyl groups excluding tert-OH is 3. The molecule has 1 saturated carbocycles. The Hall–Kier alpha value is -2.48. The van der Waals surface area contributed by atoms with Crippen LogP contribution in [0.4, 0.5) is 8.78 Å². The number of amides is 1. The molecule has 2 aromatic rings. The Balaban J connectivity index is 0.0000135. The number of carbonyl (C=O) groups excluding carboxylic acids is 2. The van der Waals surface area contributed by atoms with Gasteiger partial charge in [0, 0.05) is 51.3 Å². The molecular formula is C67H110ClF2N2O13P. The fraction of sp³-hybridized carbons (Fsp3) is 0.791. The third-order valence-electron chi connectivity index (χ3n) is 19.9. The van der Waals surface area contributed by atoms with Crippen LogP contribution >= 0.6 is 7.26 Å². The van der Waals surface area contributed by atoms with Crippen molar-refractivity contribution in [2.75, 3.05) is 33.9 Å². The number of halogens is 3. The quantitative estimate of drug-likeness (QED) is 0.0462. The van der Waals surface area contributed by atoms with Gasteiger partial charge in [0.1, 0.15) is 30.0 Å². The van der Waals surface area contributed by atoms with Gasteiger partial charge in [0.05, 0.1) is 77.3 Å². The zero-order valence-corrected chi connectivity index (χ0v) is 55.8. The number of likely N-dealkylation sites (N-methyl/N-ethyl adjacent to an activating group) is 1. The Morgan fingerprint density at radius 1 is 0.779 bits per heavy atom. The number of hydrogen-bond donors (Lipinski definition) is 5. The number of benzene rings is 2. The smallest absolute Gasteiger partial charge is 0.311 e. The van der Waals surface area contributed by atoms with Crippen LogP contribution in [0.2, 0.25) is 0 Å². The van der Waals surface area contributed by atoms with Crippen LogP contribution in [-0.2, 0) is 38.0 Å². The summed E-state index contributed by atoms with van der Waals surface area (Å²) in [5, 5.41) is 63.2. The van der Waals surface area contributed by atoms with Gasteiger partial charge in [-0.25, -0.2) is 8.78 Å². The van der Waals surface area contributed by atoms with Gasteiger partial charge in [-0.2, -0.15) is 0 Å². The maximum Gasteiger partial charge on any atom is 0.311 e. The average molecular weight is 1260 g/mol. The Morgan fingerprint density at radius 3 is 1.86 bits per heavy atom. The highest BCUT2D eigenvalue weighted by Crippen LogP contribution is 2.65. The van der Waals surface area contributed by atoms with Crippen molar-refractivity contribution in [2.24, 2.45) is 17.8 Å². The van der Waals surface area contributed by atoms with E-state index in [1.807, 2.05) is 45.0 Å². The Labute approximate surface area is 521 Å². The normalized spacial score (nSPS) is 36.4. The molecule has 15 nitrogen and oxygen atoms in total. The molecule has 3 saturated heterocycles. The van der Waals surface area contributed by atoms with Crippen molar-refractivity contribution in [3.8, 4) is 0 Å². The zero-order valence-electron chi connectivity index (χ0n) is 54.1. The summed E-state index contributed by atoms with van der Waals surface area (Å²) in [7, 11) is 3.28. The van der Waals surface area contributed by atoms with E-state index in [1.54, 1.807) is 53.4 Å². The summed E-state index contributed by atoms with van der Waals surface area (Å²) in [5.74, 6) is -5.94. The number of aliphatic hydroxyl groups is 5. The predicted molar refractivity (Wildman–Crippen MR) is 331 cm³/mol. The minimum absolute atomic E-state index is 0. The molecule has 0 unspecified atom stereocenters. The fourth-order valence-electron chi connectivity index (χ4n) is 14.7. The highest BCUT2D eigenvalue weighted by molar-refractivity contribution is 7.90. The summed E-state index contributed by atoms with van der Waals surface area (Å²) in [4.78, 5) is 32.8. The van der Waals surface area contributed by atoms with E-state index in [1.165, 1.54) is 24.6 Å². The van der Waals surface area contributed by atoms with Crippen molar-refractivity contribution in [1.29, 1.82) is 0 Å². The SMILES string of the molecule is CC[C@H]1OC(=O)[C@H](C)[C@@H](O[C@H]2C[C@@](C)(OC)[C@@H](O)[C@H](C)O2)[C@H](C)[C@@H](O[C@@H]2O[C@H](C)C[C@H](N(C)C)[C@H]2O)[C@](C)(O)C[C@@H](C)CN(C(=O)CCCCCCCCCCC[P+](c2ccccc2)(c2ccccc2)C2CCC(F)(F)CC2)[C@H](C)[C@@H](O)[C@]1(C)O.[Cl-]. The van der Waals surface area contributed by atoms with Crippen LogP contribution in [0, 0.1) is 17.8 Å². The number of alkyl halides is 2. The number of cyclic esters (lactones) is 1. The van der Waals surface area contributed by atoms with Gasteiger partial charge in [-0.1, -0.05) is 95.7 Å². The van der Waals surface area contributed by atoms with Gasteiger partial charge in [0.15, 0.2) is 12.6 Å². The van der Waals surface area contributed by atoms with Gasteiger partial charge < -0.3 is 76.2 Å². The van der Waals surface area contributed by atoms with E-state index in [4.69, 9.17) is 28.4 Å². The molecule has 6 rings (SSSR count). The summed E-state index contributed by atoms with van der Waals surface area (Å²) in [6, 6.07) is 20.1. The van der Waals surface area contributed by atoms with Gasteiger partial charge in [-0.05, 0) is 144 Å². The van der Waals surface area contributed by atoms with Crippen molar-refractivity contribution in [1.82, 2.24) is 9.80 Å². The van der Waals surface area contributed by atoms with Crippen LogP contribution < -0.4 is 23.0 Å².